The molecule has 0 spiro atoms. The molecule has 0 radical (unpaired) electrons. The second-order valence-electron chi connectivity index (χ2n) is 12.3. The summed E-state index contributed by atoms with van der Waals surface area (Å²) in [5.41, 5.74) is -5.97. The summed E-state index contributed by atoms with van der Waals surface area (Å²) in [6.45, 7) is 11.0. The lowest BCUT2D eigenvalue weighted by Gasteiger charge is -2.13. The molecule has 0 amide bonds. The molecule has 3 aromatic rings. The number of hydrogen-bond donors (Lipinski definition) is 1. The van der Waals surface area contributed by atoms with Crippen molar-refractivity contribution < 1.29 is 45.7 Å². The number of carbonyl (C=O) groups excluding carboxylic acids is 1. The van der Waals surface area contributed by atoms with E-state index in [0.29, 0.717) is 29.3 Å². The fraction of sp³-hybridized carbons (Fsp3) is 0.405. The molecule has 17 heteroatoms. The summed E-state index contributed by atoms with van der Waals surface area (Å²) in [5, 5.41) is 21.6. The number of aliphatic imine (C=N–C) groups is 1. The number of carbonyl (C=O) groups is 1. The van der Waals surface area contributed by atoms with Crippen LogP contribution in [0, 0.1) is 23.2 Å². The summed E-state index contributed by atoms with van der Waals surface area (Å²) in [5.74, 6) is 0.522. The quantitative estimate of drug-likeness (QED) is 0.0430. The van der Waals surface area contributed by atoms with Crippen LogP contribution in [0.3, 0.4) is 0 Å². The van der Waals surface area contributed by atoms with Gasteiger partial charge in [0.15, 0.2) is 23.0 Å². The van der Waals surface area contributed by atoms with Crippen LogP contribution in [0.15, 0.2) is 64.0 Å². The average Bonchev–Trinajstić information content (AvgIpc) is 3.38. The third kappa shape index (κ3) is 14.9. The molecule has 2 aromatic carbocycles. The number of thioether (sulfide) groups is 1. The highest BCUT2D eigenvalue weighted by atomic mass is 35.5. The minimum Gasteiger partial charge on any atom is -0.504 e. The van der Waals surface area contributed by atoms with E-state index in [9.17, 15) is 41.5 Å². The van der Waals surface area contributed by atoms with Crippen LogP contribution in [-0.2, 0) is 15.7 Å². The molecule has 1 N–H and O–H groups in total. The number of alkyl halides is 6. The van der Waals surface area contributed by atoms with Gasteiger partial charge in [-0.15, -0.1) is 0 Å². The summed E-state index contributed by atoms with van der Waals surface area (Å²) < 4.78 is 89.5. The predicted octanol–water partition coefficient (Wildman–Crippen LogP) is 12.1. The minimum absolute atomic E-state index is 0.0406. The van der Waals surface area contributed by atoms with Crippen molar-refractivity contribution in [1.29, 1.82) is 5.26 Å². The van der Waals surface area contributed by atoms with Crippen LogP contribution in [-0.4, -0.2) is 46.3 Å². The van der Waals surface area contributed by atoms with E-state index in [1.165, 1.54) is 50.6 Å². The number of halogens is 8. The van der Waals surface area contributed by atoms with Crippen LogP contribution in [0.4, 0.5) is 32.2 Å². The molecule has 1 heterocycles. The number of nitrogens with zero attached hydrogens (tertiary/aromatic N) is 4. The number of nitriles is 1. The van der Waals surface area contributed by atoms with Gasteiger partial charge in [0.2, 0.25) is 0 Å². The summed E-state index contributed by atoms with van der Waals surface area (Å²) in [6.07, 6.45) is 6.96. The van der Waals surface area contributed by atoms with Gasteiger partial charge in [-0.1, -0.05) is 75.4 Å². The van der Waals surface area contributed by atoms with Crippen LogP contribution in [0.1, 0.15) is 77.1 Å². The smallest absolute Gasteiger partial charge is 0.446 e. The Kier molecular flexibility index (Phi) is 18.0. The van der Waals surface area contributed by atoms with Crippen LogP contribution < -0.4 is 4.74 Å². The van der Waals surface area contributed by atoms with Crippen molar-refractivity contribution in [3.05, 3.63) is 81.0 Å². The lowest BCUT2D eigenvalue weighted by atomic mass is 9.97. The second-order valence-corrected chi connectivity index (χ2v) is 14.1. The Morgan fingerprint density at radius 1 is 1.11 bits per heavy atom. The molecule has 0 fully saturated rings. The molecule has 0 aliphatic rings. The highest BCUT2D eigenvalue weighted by molar-refractivity contribution is 8.00. The Labute approximate surface area is 324 Å². The Morgan fingerprint density at radius 2 is 1.76 bits per heavy atom. The standard InChI is InChI=1S/C20H10Cl2F6N4O2S.C17H30O2/c1-34-15-4-9(2-3-14(15)33)8-30-18-17(35-20(26,27)28)13(7-29)31-32(18)16-11(21)5-10(6-12(16)22)19(23,24)25;1-6-19-17(18)13-16(5)12-8-11-15(4)10-7-9-14(2)3/h2-6,8,33H,1H3;8,12-15H,6-7,9-11H2,1-5H3/b30-8+;12-8+,16-13+. The molecule has 0 aliphatic carbocycles. The number of aromatic nitrogens is 2. The fourth-order valence-electron chi connectivity index (χ4n) is 4.69. The highest BCUT2D eigenvalue weighted by Crippen LogP contribution is 2.46. The third-order valence-corrected chi connectivity index (χ3v) is 8.66. The summed E-state index contributed by atoms with van der Waals surface area (Å²) in [6, 6.07) is 6.46. The number of hydrogen-bond acceptors (Lipinski definition) is 8. The first kappa shape index (κ1) is 46.0. The summed E-state index contributed by atoms with van der Waals surface area (Å²) in [4.78, 5) is 14.5. The molecule has 0 aliphatic heterocycles. The number of rotatable bonds is 14. The molecule has 0 bridgehead atoms. The largest absolute Gasteiger partial charge is 0.504 e. The number of methoxy groups -OCH3 is 1. The number of esters is 1. The molecule has 294 valence electrons. The lowest BCUT2D eigenvalue weighted by Crippen LogP contribution is -2.07. The zero-order chi connectivity index (χ0) is 40.8. The first-order chi connectivity index (χ1) is 25.2. The van der Waals surface area contributed by atoms with Crippen molar-refractivity contribution in [2.24, 2.45) is 16.8 Å². The normalized spacial score (nSPS) is 12.9. The van der Waals surface area contributed by atoms with Crippen molar-refractivity contribution in [2.45, 2.75) is 76.9 Å². The maximum Gasteiger partial charge on any atom is 0.446 e. The van der Waals surface area contributed by atoms with E-state index >= 15 is 0 Å². The van der Waals surface area contributed by atoms with E-state index in [4.69, 9.17) is 32.7 Å². The fourth-order valence-corrected chi connectivity index (χ4v) is 5.98. The van der Waals surface area contributed by atoms with E-state index in [-0.39, 0.29) is 23.0 Å². The van der Waals surface area contributed by atoms with E-state index in [2.05, 4.69) is 36.9 Å². The van der Waals surface area contributed by atoms with Gasteiger partial charge >= 0.3 is 17.7 Å². The zero-order valence-corrected chi connectivity index (χ0v) is 32.6. The van der Waals surface area contributed by atoms with Crippen LogP contribution in [0.2, 0.25) is 10.0 Å². The Hall–Kier alpha value is -4.13. The molecule has 1 unspecified atom stereocenters. The van der Waals surface area contributed by atoms with Crippen LogP contribution in [0.5, 0.6) is 11.5 Å². The SMILES string of the molecule is CCOC(=O)/C=C(C)/C=C/CC(C)CCCC(C)C.COc1cc(/C=N/c2c(SC(F)(F)F)c(C#N)nn2-c2c(Cl)cc(C(F)(F)F)cc2Cl)ccc1O. The molecular formula is C37H40Cl2F6N4O4S. The van der Waals surface area contributed by atoms with E-state index in [0.717, 1.165) is 24.1 Å². The molecular weight excluding hydrogens is 781 g/mol. The van der Waals surface area contributed by atoms with E-state index in [1.54, 1.807) is 6.08 Å². The van der Waals surface area contributed by atoms with Crippen molar-refractivity contribution in [2.75, 3.05) is 13.7 Å². The number of benzene rings is 2. The Balaban J connectivity index is 0.000000451. The summed E-state index contributed by atoms with van der Waals surface area (Å²) >= 11 is 11.3. The Morgan fingerprint density at radius 3 is 2.30 bits per heavy atom. The number of allylic oxidation sites excluding steroid dienone is 3. The molecule has 0 saturated heterocycles. The van der Waals surface area contributed by atoms with Crippen LogP contribution >= 0.6 is 35.0 Å². The number of phenolic OH excluding ortho intramolecular Hbond substituents is 1. The van der Waals surface area contributed by atoms with Crippen molar-refractivity contribution in [3.63, 3.8) is 0 Å². The van der Waals surface area contributed by atoms with Gasteiger partial charge in [0.05, 0.1) is 34.2 Å². The third-order valence-electron chi connectivity index (χ3n) is 7.27. The van der Waals surface area contributed by atoms with Gasteiger partial charge in [0.1, 0.15) is 11.8 Å². The monoisotopic (exact) mass is 820 g/mol. The zero-order valence-electron chi connectivity index (χ0n) is 30.3. The Bertz CT molecular complexity index is 1850. The van der Waals surface area contributed by atoms with Crippen molar-refractivity contribution >= 4 is 53.0 Å². The predicted molar refractivity (Wildman–Crippen MR) is 199 cm³/mol. The maximum atomic E-state index is 13.2. The maximum absolute atomic E-state index is 13.2. The molecule has 1 atom stereocenters. The molecule has 3 rings (SSSR count). The van der Waals surface area contributed by atoms with Crippen molar-refractivity contribution in [3.8, 4) is 23.3 Å². The van der Waals surface area contributed by atoms with Gasteiger partial charge in [-0.25, -0.2) is 14.5 Å². The number of ether oxygens (including phenoxy) is 2. The minimum atomic E-state index is -4.86. The van der Waals surface area contributed by atoms with E-state index in [1.807, 2.05) is 19.9 Å². The van der Waals surface area contributed by atoms with Crippen molar-refractivity contribution in [1.82, 2.24) is 9.78 Å². The molecule has 8 nitrogen and oxygen atoms in total. The summed E-state index contributed by atoms with van der Waals surface area (Å²) in [7, 11) is 1.27. The lowest BCUT2D eigenvalue weighted by molar-refractivity contribution is -0.138. The molecule has 1 aromatic heterocycles. The van der Waals surface area contributed by atoms with Gasteiger partial charge in [-0.05, 0) is 85.3 Å². The van der Waals surface area contributed by atoms with Gasteiger partial charge in [0.25, 0.3) is 0 Å². The van der Waals surface area contributed by atoms with Gasteiger partial charge in [0, 0.05) is 12.3 Å². The second kappa shape index (κ2) is 21.1. The molecule has 0 saturated carbocycles. The van der Waals surface area contributed by atoms with Gasteiger partial charge < -0.3 is 14.6 Å². The average molecular weight is 822 g/mol. The highest BCUT2D eigenvalue weighted by Gasteiger charge is 2.36. The first-order valence-electron chi connectivity index (χ1n) is 16.5. The molecule has 54 heavy (non-hydrogen) atoms. The van der Waals surface area contributed by atoms with Crippen LogP contribution in [0.25, 0.3) is 5.69 Å². The van der Waals surface area contributed by atoms with Gasteiger partial charge in [-0.3, -0.25) is 0 Å². The number of aromatic hydroxyl groups is 1. The topological polar surface area (TPSA) is 110 Å². The van der Waals surface area contributed by atoms with Gasteiger partial charge in [-0.2, -0.15) is 36.7 Å². The van der Waals surface area contributed by atoms with E-state index < -0.39 is 61.1 Å². The first-order valence-corrected chi connectivity index (χ1v) is 18.1. The number of phenols is 1.